The number of fused-ring (bicyclic) bond motifs is 1. The van der Waals surface area contributed by atoms with Crippen LogP contribution >= 0.6 is 0 Å². The summed E-state index contributed by atoms with van der Waals surface area (Å²) >= 11 is 0. The van der Waals surface area contributed by atoms with E-state index in [0.29, 0.717) is 55.4 Å². The van der Waals surface area contributed by atoms with Crippen molar-refractivity contribution in [1.82, 2.24) is 19.3 Å². The summed E-state index contributed by atoms with van der Waals surface area (Å²) < 4.78 is 41.2. The number of likely N-dealkylation sites (tertiary alicyclic amines) is 1. The molecule has 4 aromatic rings. The fraction of sp³-hybridized carbons (Fsp3) is 0.286. The number of nitrogens with zero attached hydrogens (tertiary/aromatic N) is 4. The van der Waals surface area contributed by atoms with Gasteiger partial charge in [-0.25, -0.2) is 14.4 Å². The largest absolute Gasteiger partial charge is 0.494 e. The minimum absolute atomic E-state index is 0.0300. The summed E-state index contributed by atoms with van der Waals surface area (Å²) in [7, 11) is 1.28. The number of imidazole rings is 1. The van der Waals surface area contributed by atoms with E-state index in [0.717, 1.165) is 11.3 Å². The molecule has 5 rings (SSSR count). The first-order chi connectivity index (χ1) is 19.9. The highest BCUT2D eigenvalue weighted by molar-refractivity contribution is 5.97. The molecule has 1 aliphatic rings. The maximum absolute atomic E-state index is 14.8. The van der Waals surface area contributed by atoms with Gasteiger partial charge in [-0.05, 0) is 42.3 Å². The van der Waals surface area contributed by atoms with Crippen LogP contribution in [0.1, 0.15) is 22.8 Å². The van der Waals surface area contributed by atoms with Crippen molar-refractivity contribution in [3.8, 4) is 17.0 Å². The molecular weight excluding hydrogens is 538 g/mol. The number of rotatable bonds is 9. The highest BCUT2D eigenvalue weighted by atomic mass is 19.2. The number of carboxylic acid groups (broad SMARTS) is 1. The van der Waals surface area contributed by atoms with Crippen molar-refractivity contribution in [3.63, 3.8) is 0 Å². The van der Waals surface area contributed by atoms with Crippen LogP contribution < -0.4 is 15.8 Å². The summed E-state index contributed by atoms with van der Waals surface area (Å²) in [5.74, 6) is -1.87. The molecule has 1 saturated heterocycles. The van der Waals surface area contributed by atoms with Crippen molar-refractivity contribution in [2.45, 2.75) is 19.4 Å². The van der Waals surface area contributed by atoms with Gasteiger partial charge in [0.05, 0.1) is 31.7 Å². The third-order valence-electron chi connectivity index (χ3n) is 6.56. The van der Waals surface area contributed by atoms with E-state index in [1.807, 2.05) is 19.1 Å². The summed E-state index contributed by atoms with van der Waals surface area (Å²) in [6.07, 6.45) is 5.32. The van der Waals surface area contributed by atoms with Crippen LogP contribution in [0.5, 0.6) is 5.75 Å². The Kier molecular flexibility index (Phi) is 9.42. The molecule has 0 unspecified atom stereocenters. The van der Waals surface area contributed by atoms with Crippen LogP contribution in [0.3, 0.4) is 0 Å². The maximum atomic E-state index is 14.8. The van der Waals surface area contributed by atoms with Crippen LogP contribution in [0, 0.1) is 11.6 Å². The van der Waals surface area contributed by atoms with Crippen LogP contribution in [-0.2, 0) is 16.0 Å². The monoisotopic (exact) mass is 568 g/mol. The zero-order valence-electron chi connectivity index (χ0n) is 22.5. The Labute approximate surface area is 234 Å². The minimum atomic E-state index is -1.06. The number of ether oxygens (including phenoxy) is 2. The molecule has 0 aliphatic carbocycles. The molecule has 41 heavy (non-hydrogen) atoms. The van der Waals surface area contributed by atoms with Gasteiger partial charge in [-0.15, -0.1) is 0 Å². The standard InChI is InChI=1S/C27H28F2N6O3.CH2O2/c1-3-16-12-17(4-5-19(16)27(36)34-14-18(15-34)38-11-8-30)33-25-26-32-13-21(35(26)10-9-31-25)20-6-7-22(37-2)24(29)23(20)28;2-1-3/h4-7,9-10,12-13,18H,3,8,11,14-15,30H2,1-2H3,(H,31,33);1H,(H,2,3). The number of nitrogens with two attached hydrogens (primary N) is 1. The predicted molar refractivity (Wildman–Crippen MR) is 147 cm³/mol. The lowest BCUT2D eigenvalue weighted by Gasteiger charge is -2.39. The topological polar surface area (TPSA) is 144 Å². The molecule has 2 aromatic heterocycles. The fourth-order valence-corrected chi connectivity index (χ4v) is 4.52. The molecule has 1 amide bonds. The van der Waals surface area contributed by atoms with Gasteiger partial charge < -0.3 is 30.5 Å². The molecule has 216 valence electrons. The van der Waals surface area contributed by atoms with E-state index in [9.17, 15) is 13.6 Å². The number of carbonyl (C=O) groups is 2. The third-order valence-corrected chi connectivity index (χ3v) is 6.56. The lowest BCUT2D eigenvalue weighted by atomic mass is 10.0. The molecule has 2 aromatic carbocycles. The van der Waals surface area contributed by atoms with Crippen LogP contribution in [0.2, 0.25) is 0 Å². The van der Waals surface area contributed by atoms with E-state index >= 15 is 0 Å². The molecule has 0 radical (unpaired) electrons. The van der Waals surface area contributed by atoms with E-state index in [4.69, 9.17) is 25.1 Å². The van der Waals surface area contributed by atoms with E-state index in [1.165, 1.54) is 25.4 Å². The van der Waals surface area contributed by atoms with Crippen LogP contribution in [0.25, 0.3) is 16.9 Å². The molecule has 1 aliphatic heterocycles. The number of hydrogen-bond donors (Lipinski definition) is 3. The van der Waals surface area contributed by atoms with Gasteiger partial charge in [-0.2, -0.15) is 4.39 Å². The number of amides is 1. The molecule has 0 saturated carbocycles. The quantitative estimate of drug-likeness (QED) is 0.259. The summed E-state index contributed by atoms with van der Waals surface area (Å²) in [6, 6.07) is 8.33. The summed E-state index contributed by atoms with van der Waals surface area (Å²) in [5.41, 5.74) is 8.56. The Morgan fingerprint density at radius 3 is 2.66 bits per heavy atom. The first-order valence-electron chi connectivity index (χ1n) is 12.8. The number of hydrogen-bond acceptors (Lipinski definition) is 8. The lowest BCUT2D eigenvalue weighted by Crippen LogP contribution is -2.55. The smallest absolute Gasteiger partial charge is 0.290 e. The van der Waals surface area contributed by atoms with Gasteiger partial charge in [0, 0.05) is 48.8 Å². The molecule has 13 heteroatoms. The Balaban J connectivity index is 0.00000124. The zero-order valence-corrected chi connectivity index (χ0v) is 22.5. The number of halogens is 2. The molecule has 4 N–H and O–H groups in total. The number of benzene rings is 2. The van der Waals surface area contributed by atoms with Gasteiger partial charge in [0.15, 0.2) is 23.0 Å². The second-order valence-corrected chi connectivity index (χ2v) is 9.00. The van der Waals surface area contributed by atoms with E-state index in [1.54, 1.807) is 27.8 Å². The maximum Gasteiger partial charge on any atom is 0.290 e. The fourth-order valence-electron chi connectivity index (χ4n) is 4.52. The van der Waals surface area contributed by atoms with E-state index < -0.39 is 11.6 Å². The minimum Gasteiger partial charge on any atom is -0.494 e. The Hall–Kier alpha value is -4.62. The zero-order chi connectivity index (χ0) is 29.5. The van der Waals surface area contributed by atoms with Crippen molar-refractivity contribution in [1.29, 1.82) is 0 Å². The SMILES string of the molecule is CCc1cc(Nc2nccn3c(-c4ccc(OC)c(F)c4F)cnc23)ccc1C(=O)N1CC(OCCN)C1.O=CO. The van der Waals surface area contributed by atoms with Crippen molar-refractivity contribution < 1.29 is 33.0 Å². The highest BCUT2D eigenvalue weighted by Gasteiger charge is 2.32. The summed E-state index contributed by atoms with van der Waals surface area (Å²) in [5, 5.41) is 10.1. The molecule has 0 atom stereocenters. The Morgan fingerprint density at radius 2 is 1.98 bits per heavy atom. The van der Waals surface area contributed by atoms with E-state index in [2.05, 4.69) is 15.3 Å². The molecular formula is C28H30F2N6O5. The van der Waals surface area contributed by atoms with Gasteiger partial charge in [0.1, 0.15) is 0 Å². The predicted octanol–water partition coefficient (Wildman–Crippen LogP) is 3.49. The van der Waals surface area contributed by atoms with Gasteiger partial charge in [-0.1, -0.05) is 6.92 Å². The molecule has 0 bridgehead atoms. The molecule has 1 fully saturated rings. The lowest BCUT2D eigenvalue weighted by molar-refractivity contribution is -0.122. The van der Waals surface area contributed by atoms with Crippen molar-refractivity contribution >= 4 is 29.5 Å². The molecule has 3 heterocycles. The Morgan fingerprint density at radius 1 is 1.22 bits per heavy atom. The molecule has 11 nitrogen and oxygen atoms in total. The second-order valence-electron chi connectivity index (χ2n) is 9.00. The number of anilines is 2. The van der Waals surface area contributed by atoms with Gasteiger partial charge in [-0.3, -0.25) is 14.0 Å². The summed E-state index contributed by atoms with van der Waals surface area (Å²) in [6.45, 7) is 3.78. The van der Waals surface area contributed by atoms with Gasteiger partial charge >= 0.3 is 0 Å². The normalized spacial score (nSPS) is 12.9. The number of aryl methyl sites for hydroxylation is 1. The molecule has 0 spiro atoms. The van der Waals surface area contributed by atoms with Crippen molar-refractivity contribution in [2.75, 3.05) is 38.7 Å². The highest BCUT2D eigenvalue weighted by Crippen LogP contribution is 2.32. The average Bonchev–Trinajstić information content (AvgIpc) is 3.39. The number of aromatic nitrogens is 3. The van der Waals surface area contributed by atoms with Crippen molar-refractivity contribution in [2.24, 2.45) is 5.73 Å². The van der Waals surface area contributed by atoms with Crippen LogP contribution in [-0.4, -0.2) is 76.2 Å². The van der Waals surface area contributed by atoms with Crippen LogP contribution in [0.4, 0.5) is 20.3 Å². The van der Waals surface area contributed by atoms with Crippen LogP contribution in [0.15, 0.2) is 48.9 Å². The average molecular weight is 569 g/mol. The Bertz CT molecular complexity index is 1540. The second kappa shape index (κ2) is 13.2. The van der Waals surface area contributed by atoms with Gasteiger partial charge in [0.25, 0.3) is 12.4 Å². The van der Waals surface area contributed by atoms with E-state index in [-0.39, 0.29) is 29.8 Å². The number of methoxy groups -OCH3 is 1. The first-order valence-corrected chi connectivity index (χ1v) is 12.8. The third kappa shape index (κ3) is 6.10. The number of nitrogens with one attached hydrogen (secondary N) is 1. The number of carbonyl (C=O) groups excluding carboxylic acids is 1. The first kappa shape index (κ1) is 29.4. The summed E-state index contributed by atoms with van der Waals surface area (Å²) in [4.78, 5) is 32.0. The van der Waals surface area contributed by atoms with Crippen molar-refractivity contribution in [3.05, 3.63) is 71.7 Å². The van der Waals surface area contributed by atoms with Gasteiger partial charge in [0.2, 0.25) is 5.82 Å².